The van der Waals surface area contributed by atoms with E-state index >= 15 is 0 Å². The Morgan fingerprint density at radius 1 is 1.15 bits per heavy atom. The van der Waals surface area contributed by atoms with Crippen molar-refractivity contribution in [2.45, 2.75) is 18.7 Å². The lowest BCUT2D eigenvalue weighted by Gasteiger charge is -2.20. The van der Waals surface area contributed by atoms with Gasteiger partial charge in [0.15, 0.2) is 0 Å². The molecule has 0 aliphatic rings. The molecule has 0 spiro atoms. The Kier molecular flexibility index (Phi) is 7.02. The highest BCUT2D eigenvalue weighted by Crippen LogP contribution is 2.20. The lowest BCUT2D eigenvalue weighted by molar-refractivity contribution is -0.116. The van der Waals surface area contributed by atoms with Crippen LogP contribution in [0.3, 0.4) is 0 Å². The second kappa shape index (κ2) is 9.02. The predicted molar refractivity (Wildman–Crippen MR) is 102 cm³/mol. The molecule has 0 bridgehead atoms. The van der Waals surface area contributed by atoms with Gasteiger partial charge in [0.2, 0.25) is 15.9 Å². The molecule has 0 aromatic heterocycles. The molecular weight excluding hydrogens is 376 g/mol. The summed E-state index contributed by atoms with van der Waals surface area (Å²) in [6, 6.07) is 12.8. The Labute approximate surface area is 158 Å². The van der Waals surface area contributed by atoms with Gasteiger partial charge < -0.3 is 10.1 Å². The second-order valence-corrected chi connectivity index (χ2v) is 7.77. The molecule has 6 nitrogen and oxygen atoms in total. The van der Waals surface area contributed by atoms with Crippen molar-refractivity contribution in [1.29, 1.82) is 0 Å². The molecule has 1 N–H and O–H groups in total. The predicted octanol–water partition coefficient (Wildman–Crippen LogP) is 3.39. The summed E-state index contributed by atoms with van der Waals surface area (Å²) in [4.78, 5) is 12.3. The first-order valence-electron chi connectivity index (χ1n) is 8.15. The minimum atomic E-state index is -3.79. The molecule has 8 heteroatoms. The number of benzene rings is 2. The molecule has 0 unspecified atom stereocenters. The maximum absolute atomic E-state index is 12.8. The Morgan fingerprint density at radius 2 is 1.85 bits per heavy atom. The number of likely N-dealkylation sites (N-methyl/N-ethyl adjacent to an activating group) is 1. The fourth-order valence-electron chi connectivity index (χ4n) is 2.32. The van der Waals surface area contributed by atoms with E-state index in [0.29, 0.717) is 23.1 Å². The zero-order valence-corrected chi connectivity index (χ0v) is 16.2. The summed E-state index contributed by atoms with van der Waals surface area (Å²) >= 11 is 5.88. The van der Waals surface area contributed by atoms with E-state index < -0.39 is 15.9 Å². The summed E-state index contributed by atoms with van der Waals surface area (Å²) in [6.45, 7) is 3.90. The standard InChI is InChI=1S/C18H21ClN2O4S/c1-3-21(13-18(22)20-15-7-5-6-14(19)12-15)26(23,24)17-10-8-16(9-11-17)25-4-2/h5-12H,3-4,13H2,1-2H3,(H,20,22). The zero-order chi connectivity index (χ0) is 19.2. The highest BCUT2D eigenvalue weighted by molar-refractivity contribution is 7.89. The van der Waals surface area contributed by atoms with Crippen molar-refractivity contribution in [2.75, 3.05) is 25.0 Å². The molecule has 2 rings (SSSR count). The molecule has 0 aliphatic carbocycles. The largest absolute Gasteiger partial charge is 0.494 e. The SMILES string of the molecule is CCOc1ccc(S(=O)(=O)N(CC)CC(=O)Nc2cccc(Cl)c2)cc1. The van der Waals surface area contributed by atoms with Gasteiger partial charge in [0.1, 0.15) is 5.75 Å². The fourth-order valence-corrected chi connectivity index (χ4v) is 3.91. The topological polar surface area (TPSA) is 75.7 Å². The molecule has 2 aromatic carbocycles. The van der Waals surface area contributed by atoms with E-state index in [-0.39, 0.29) is 18.0 Å². The van der Waals surface area contributed by atoms with Gasteiger partial charge in [0.25, 0.3) is 0 Å². The van der Waals surface area contributed by atoms with E-state index in [1.54, 1.807) is 43.3 Å². The number of sulfonamides is 1. The lowest BCUT2D eigenvalue weighted by Crippen LogP contribution is -2.37. The van der Waals surface area contributed by atoms with Gasteiger partial charge >= 0.3 is 0 Å². The highest BCUT2D eigenvalue weighted by atomic mass is 35.5. The average molecular weight is 397 g/mol. The van der Waals surface area contributed by atoms with Crippen LogP contribution in [0, 0.1) is 0 Å². The molecule has 0 heterocycles. The van der Waals surface area contributed by atoms with Gasteiger partial charge in [-0.15, -0.1) is 0 Å². The smallest absolute Gasteiger partial charge is 0.243 e. The minimum absolute atomic E-state index is 0.110. The van der Waals surface area contributed by atoms with Crippen molar-refractivity contribution in [3.63, 3.8) is 0 Å². The van der Waals surface area contributed by atoms with E-state index in [1.165, 1.54) is 12.1 Å². The average Bonchev–Trinajstić information content (AvgIpc) is 2.60. The van der Waals surface area contributed by atoms with E-state index in [1.807, 2.05) is 6.92 Å². The first-order chi connectivity index (χ1) is 12.4. The van der Waals surface area contributed by atoms with Crippen LogP contribution in [0.1, 0.15) is 13.8 Å². The number of amides is 1. The third kappa shape index (κ3) is 5.20. The quantitative estimate of drug-likeness (QED) is 0.742. The van der Waals surface area contributed by atoms with Crippen LogP contribution in [0.4, 0.5) is 5.69 Å². The number of rotatable bonds is 8. The summed E-state index contributed by atoms with van der Waals surface area (Å²) < 4.78 is 31.9. The van der Waals surface area contributed by atoms with E-state index in [0.717, 1.165) is 4.31 Å². The van der Waals surface area contributed by atoms with Crippen molar-refractivity contribution in [3.05, 3.63) is 53.6 Å². The molecular formula is C18H21ClN2O4S. The Bertz CT molecular complexity index is 854. The number of nitrogens with one attached hydrogen (secondary N) is 1. The summed E-state index contributed by atoms with van der Waals surface area (Å²) in [5.41, 5.74) is 0.511. The fraction of sp³-hybridized carbons (Fsp3) is 0.278. The van der Waals surface area contributed by atoms with Crippen LogP contribution >= 0.6 is 11.6 Å². The van der Waals surface area contributed by atoms with Crippen molar-refractivity contribution >= 4 is 33.2 Å². The van der Waals surface area contributed by atoms with Crippen LogP contribution in [0.15, 0.2) is 53.4 Å². The minimum Gasteiger partial charge on any atom is -0.494 e. The zero-order valence-electron chi connectivity index (χ0n) is 14.6. The number of ether oxygens (including phenoxy) is 1. The molecule has 0 aliphatic heterocycles. The number of nitrogens with zero attached hydrogens (tertiary/aromatic N) is 1. The summed E-state index contributed by atoms with van der Waals surface area (Å²) in [6.07, 6.45) is 0. The van der Waals surface area contributed by atoms with Crippen LogP contribution in [0.2, 0.25) is 5.02 Å². The monoisotopic (exact) mass is 396 g/mol. The number of carbonyl (C=O) groups excluding carboxylic acids is 1. The first kappa shape index (κ1) is 20.2. The van der Waals surface area contributed by atoms with E-state index in [4.69, 9.17) is 16.3 Å². The van der Waals surface area contributed by atoms with Gasteiger partial charge in [0.05, 0.1) is 18.0 Å². The van der Waals surface area contributed by atoms with Gasteiger partial charge in [-0.25, -0.2) is 8.42 Å². The summed E-state index contributed by atoms with van der Waals surface area (Å²) in [7, 11) is -3.79. The highest BCUT2D eigenvalue weighted by Gasteiger charge is 2.25. The third-order valence-electron chi connectivity index (χ3n) is 3.55. The molecule has 26 heavy (non-hydrogen) atoms. The van der Waals surface area contributed by atoms with Gasteiger partial charge in [0, 0.05) is 17.3 Å². The Hall–Kier alpha value is -2.09. The maximum atomic E-state index is 12.8. The van der Waals surface area contributed by atoms with Crippen molar-refractivity contribution in [2.24, 2.45) is 0 Å². The first-order valence-corrected chi connectivity index (χ1v) is 9.97. The number of hydrogen-bond donors (Lipinski definition) is 1. The molecule has 0 fully saturated rings. The number of halogens is 1. The van der Waals surface area contributed by atoms with E-state index in [9.17, 15) is 13.2 Å². The summed E-state index contributed by atoms with van der Waals surface area (Å²) in [5, 5.41) is 3.13. The lowest BCUT2D eigenvalue weighted by atomic mass is 10.3. The van der Waals surface area contributed by atoms with Gasteiger partial charge in [-0.05, 0) is 49.4 Å². The number of anilines is 1. The number of hydrogen-bond acceptors (Lipinski definition) is 4. The molecule has 0 atom stereocenters. The van der Waals surface area contributed by atoms with Crippen molar-refractivity contribution in [3.8, 4) is 5.75 Å². The van der Waals surface area contributed by atoms with Crippen LogP contribution < -0.4 is 10.1 Å². The van der Waals surface area contributed by atoms with Crippen LogP contribution in [-0.4, -0.2) is 38.3 Å². The molecule has 140 valence electrons. The molecule has 2 aromatic rings. The van der Waals surface area contributed by atoms with Gasteiger partial charge in [-0.2, -0.15) is 4.31 Å². The molecule has 0 radical (unpaired) electrons. The molecule has 0 saturated heterocycles. The summed E-state index contributed by atoms with van der Waals surface area (Å²) in [5.74, 6) is 0.150. The Morgan fingerprint density at radius 3 is 2.42 bits per heavy atom. The molecule has 0 saturated carbocycles. The maximum Gasteiger partial charge on any atom is 0.243 e. The van der Waals surface area contributed by atoms with E-state index in [2.05, 4.69) is 5.32 Å². The van der Waals surface area contributed by atoms with Crippen molar-refractivity contribution < 1.29 is 17.9 Å². The van der Waals surface area contributed by atoms with Crippen molar-refractivity contribution in [1.82, 2.24) is 4.31 Å². The van der Waals surface area contributed by atoms with Crippen LogP contribution in [0.5, 0.6) is 5.75 Å². The molecule has 1 amide bonds. The number of carbonyl (C=O) groups is 1. The van der Waals surface area contributed by atoms with Gasteiger partial charge in [-0.1, -0.05) is 24.6 Å². The van der Waals surface area contributed by atoms with Crippen LogP contribution in [0.25, 0.3) is 0 Å². The Balaban J connectivity index is 2.11. The third-order valence-corrected chi connectivity index (χ3v) is 5.72. The van der Waals surface area contributed by atoms with Gasteiger partial charge in [-0.3, -0.25) is 4.79 Å². The second-order valence-electron chi connectivity index (χ2n) is 5.39. The normalized spacial score (nSPS) is 11.4. The van der Waals surface area contributed by atoms with Crippen LogP contribution in [-0.2, 0) is 14.8 Å².